The van der Waals surface area contributed by atoms with E-state index in [9.17, 15) is 0 Å². The third-order valence-corrected chi connectivity index (χ3v) is 2.76. The van der Waals surface area contributed by atoms with Gasteiger partial charge < -0.3 is 0 Å². The van der Waals surface area contributed by atoms with E-state index in [-0.39, 0.29) is 22.3 Å². The largest absolute Gasteiger partial charge is 0.261 e. The molecule has 0 bridgehead atoms. The molecule has 1 atom stereocenters. The Morgan fingerprint density at radius 1 is 1.06 bits per heavy atom. The van der Waals surface area contributed by atoms with Gasteiger partial charge in [-0.05, 0) is 37.5 Å². The van der Waals surface area contributed by atoms with Gasteiger partial charge in [0.15, 0.2) is 0 Å². The maximum atomic E-state index is 4.37. The maximum Gasteiger partial charge on any atom is 0.0406 e. The quantitative estimate of drug-likeness (QED) is 0.516. The molecule has 100 valence electrons. The van der Waals surface area contributed by atoms with Crippen LogP contribution in [-0.4, -0.2) is 4.98 Å². The minimum atomic E-state index is 0. The molecule has 3 heteroatoms. The normalized spacial score (nSPS) is 9.29. The molecule has 1 aromatic rings. The van der Waals surface area contributed by atoms with E-state index in [0.29, 0.717) is 0 Å². The lowest BCUT2D eigenvalue weighted by Gasteiger charge is -2.02. The average Bonchev–Trinajstić information content (AvgIpc) is 2.23. The molecule has 0 saturated carbocycles. The van der Waals surface area contributed by atoms with Crippen LogP contribution < -0.4 is 0 Å². The summed E-state index contributed by atoms with van der Waals surface area (Å²) in [6, 6.07) is 4.26. The van der Waals surface area contributed by atoms with Crippen molar-refractivity contribution in [3.05, 3.63) is 29.6 Å². The van der Waals surface area contributed by atoms with Crippen LogP contribution in [0.2, 0.25) is 0 Å². The number of aromatic nitrogens is 1. The molecule has 17 heavy (non-hydrogen) atoms. The number of nitrogens with zero attached hydrogens (tertiary/aromatic N) is 1. The zero-order valence-electron chi connectivity index (χ0n) is 11.2. The minimum absolute atomic E-state index is 0. The Hall–Kier alpha value is -0.130. The highest BCUT2D eigenvalue weighted by atomic mass is 35.5. The van der Waals surface area contributed by atoms with E-state index >= 15 is 0 Å². The number of halogens is 1. The lowest BCUT2D eigenvalue weighted by atomic mass is 10.1. The molecule has 1 heterocycles. The molecular weight excluding hydrogens is 249 g/mol. The molecule has 0 aromatic carbocycles. The van der Waals surface area contributed by atoms with Crippen molar-refractivity contribution in [2.75, 3.05) is 0 Å². The summed E-state index contributed by atoms with van der Waals surface area (Å²) in [5, 5.41) is 0. The molecule has 0 spiro atoms. The van der Waals surface area contributed by atoms with E-state index in [1.54, 1.807) is 0 Å². The van der Waals surface area contributed by atoms with Gasteiger partial charge in [0, 0.05) is 11.9 Å². The topological polar surface area (TPSA) is 12.9 Å². The summed E-state index contributed by atoms with van der Waals surface area (Å²) >= 11 is 0. The summed E-state index contributed by atoms with van der Waals surface area (Å²) in [4.78, 5) is 4.37. The van der Waals surface area contributed by atoms with Crippen molar-refractivity contribution >= 4 is 22.3 Å². The second kappa shape index (κ2) is 12.3. The van der Waals surface area contributed by atoms with Crippen LogP contribution >= 0.6 is 22.3 Å². The summed E-state index contributed by atoms with van der Waals surface area (Å²) in [6.45, 7) is 4.39. The first-order chi connectivity index (χ1) is 7.33. The Labute approximate surface area is 116 Å². The molecular formula is C14H27ClNP. The van der Waals surface area contributed by atoms with Crippen molar-refractivity contribution in [3.63, 3.8) is 0 Å². The summed E-state index contributed by atoms with van der Waals surface area (Å²) < 4.78 is 0. The number of unbranched alkanes of at least 4 members (excludes halogenated alkanes) is 5. The average molecular weight is 276 g/mol. The van der Waals surface area contributed by atoms with Crippen LogP contribution in [0.25, 0.3) is 0 Å². The molecule has 0 aliphatic heterocycles. The molecule has 0 saturated heterocycles. The van der Waals surface area contributed by atoms with Gasteiger partial charge in [0.25, 0.3) is 0 Å². The standard InChI is InChI=1S/C14H23N.ClH.H3P/c1-3-4-5-6-7-8-9-14-12-13(2)10-11-15-14;;/h10-12H,3-9H2,1-2H3;1H;1H3. The SMILES string of the molecule is CCCCCCCCc1cc(C)ccn1.Cl.P. The molecule has 1 unspecified atom stereocenters. The fourth-order valence-electron chi connectivity index (χ4n) is 1.82. The molecule has 0 fully saturated rings. The van der Waals surface area contributed by atoms with E-state index in [1.807, 2.05) is 6.20 Å². The van der Waals surface area contributed by atoms with Crippen LogP contribution in [0.5, 0.6) is 0 Å². The molecule has 1 rings (SSSR count). The zero-order valence-corrected chi connectivity index (χ0v) is 13.5. The Morgan fingerprint density at radius 2 is 1.71 bits per heavy atom. The molecule has 0 aliphatic carbocycles. The van der Waals surface area contributed by atoms with Gasteiger partial charge in [0.1, 0.15) is 0 Å². The Bertz CT molecular complexity index is 279. The number of rotatable bonds is 7. The first-order valence-corrected chi connectivity index (χ1v) is 6.24. The van der Waals surface area contributed by atoms with Crippen molar-refractivity contribution in [2.45, 2.75) is 58.8 Å². The number of aryl methyl sites for hydroxylation is 2. The summed E-state index contributed by atoms with van der Waals surface area (Å²) in [5.41, 5.74) is 2.58. The third-order valence-electron chi connectivity index (χ3n) is 2.76. The minimum Gasteiger partial charge on any atom is -0.261 e. The van der Waals surface area contributed by atoms with E-state index in [1.165, 1.54) is 49.8 Å². The first-order valence-electron chi connectivity index (χ1n) is 6.24. The lowest BCUT2D eigenvalue weighted by molar-refractivity contribution is 0.604. The van der Waals surface area contributed by atoms with Gasteiger partial charge >= 0.3 is 0 Å². The van der Waals surface area contributed by atoms with E-state index in [0.717, 1.165) is 6.42 Å². The summed E-state index contributed by atoms with van der Waals surface area (Å²) in [6.07, 6.45) is 11.2. The summed E-state index contributed by atoms with van der Waals surface area (Å²) in [7, 11) is 0. The van der Waals surface area contributed by atoms with E-state index < -0.39 is 0 Å². The van der Waals surface area contributed by atoms with Gasteiger partial charge in [-0.1, -0.05) is 39.0 Å². The Kier molecular flexibility index (Phi) is 13.9. The fourth-order valence-corrected chi connectivity index (χ4v) is 1.82. The van der Waals surface area contributed by atoms with Crippen LogP contribution in [0, 0.1) is 6.92 Å². The van der Waals surface area contributed by atoms with Crippen LogP contribution in [0.1, 0.15) is 56.7 Å². The molecule has 1 nitrogen and oxygen atoms in total. The molecule has 0 aliphatic rings. The van der Waals surface area contributed by atoms with Crippen molar-refractivity contribution in [2.24, 2.45) is 0 Å². The van der Waals surface area contributed by atoms with Crippen molar-refractivity contribution < 1.29 is 0 Å². The predicted octanol–water partition coefficient (Wildman–Crippen LogP) is 4.77. The molecule has 1 aromatic heterocycles. The van der Waals surface area contributed by atoms with Gasteiger partial charge in [-0.2, -0.15) is 9.90 Å². The first kappa shape index (κ1) is 19.2. The maximum absolute atomic E-state index is 4.37. The van der Waals surface area contributed by atoms with Crippen molar-refractivity contribution in [1.82, 2.24) is 4.98 Å². The highest BCUT2D eigenvalue weighted by Crippen LogP contribution is 2.09. The van der Waals surface area contributed by atoms with Gasteiger partial charge in [-0.15, -0.1) is 12.4 Å². The number of hydrogen-bond donors (Lipinski definition) is 0. The fraction of sp³-hybridized carbons (Fsp3) is 0.643. The third kappa shape index (κ3) is 9.56. The highest BCUT2D eigenvalue weighted by molar-refractivity contribution is 6.92. The highest BCUT2D eigenvalue weighted by Gasteiger charge is 1.95. The second-order valence-corrected chi connectivity index (χ2v) is 4.34. The van der Waals surface area contributed by atoms with Crippen LogP contribution in [0.3, 0.4) is 0 Å². The smallest absolute Gasteiger partial charge is 0.0406 e. The van der Waals surface area contributed by atoms with Crippen LogP contribution in [-0.2, 0) is 6.42 Å². The molecule has 0 N–H and O–H groups in total. The molecule has 0 amide bonds. The zero-order chi connectivity index (χ0) is 10.9. The van der Waals surface area contributed by atoms with Gasteiger partial charge in [0.2, 0.25) is 0 Å². The predicted molar refractivity (Wildman–Crippen MR) is 84.4 cm³/mol. The Balaban J connectivity index is 0. The van der Waals surface area contributed by atoms with E-state index in [2.05, 4.69) is 31.0 Å². The van der Waals surface area contributed by atoms with Crippen molar-refractivity contribution in [3.8, 4) is 0 Å². The number of pyridine rings is 1. The van der Waals surface area contributed by atoms with Gasteiger partial charge in [0.05, 0.1) is 0 Å². The Morgan fingerprint density at radius 3 is 2.35 bits per heavy atom. The van der Waals surface area contributed by atoms with Crippen LogP contribution in [0.15, 0.2) is 18.3 Å². The van der Waals surface area contributed by atoms with Crippen molar-refractivity contribution in [1.29, 1.82) is 0 Å². The molecule has 0 radical (unpaired) electrons. The van der Waals surface area contributed by atoms with Crippen LogP contribution in [0.4, 0.5) is 0 Å². The van der Waals surface area contributed by atoms with Gasteiger partial charge in [-0.25, -0.2) is 0 Å². The number of hydrogen-bond acceptors (Lipinski definition) is 1. The monoisotopic (exact) mass is 275 g/mol. The lowest BCUT2D eigenvalue weighted by Crippen LogP contribution is -1.90. The van der Waals surface area contributed by atoms with E-state index in [4.69, 9.17) is 0 Å². The second-order valence-electron chi connectivity index (χ2n) is 4.34. The summed E-state index contributed by atoms with van der Waals surface area (Å²) in [5.74, 6) is 0. The van der Waals surface area contributed by atoms with Gasteiger partial charge in [-0.3, -0.25) is 4.98 Å².